The Bertz CT molecular complexity index is 2390. The molecule has 0 radical (unpaired) electrons. The lowest BCUT2D eigenvalue weighted by Gasteiger charge is -2.55. The van der Waals surface area contributed by atoms with Gasteiger partial charge in [-0.15, -0.1) is 0 Å². The molecule has 0 bridgehead atoms. The zero-order valence-corrected chi connectivity index (χ0v) is 30.6. The average Bonchev–Trinajstić information content (AvgIpc) is 3.46. The van der Waals surface area contributed by atoms with E-state index in [4.69, 9.17) is 0 Å². The van der Waals surface area contributed by atoms with Gasteiger partial charge in [-0.25, -0.2) is 0 Å². The molecular formula is C46H35BrN2O5. The summed E-state index contributed by atoms with van der Waals surface area (Å²) in [6, 6.07) is 40.7. The van der Waals surface area contributed by atoms with E-state index in [0.29, 0.717) is 38.8 Å². The van der Waals surface area contributed by atoms with Crippen LogP contribution in [0.4, 0.5) is 17.1 Å². The lowest BCUT2D eigenvalue weighted by atomic mass is 9.44. The Labute approximate surface area is 321 Å². The van der Waals surface area contributed by atoms with Crippen LogP contribution in [0.5, 0.6) is 5.75 Å². The number of benzene rings is 5. The van der Waals surface area contributed by atoms with Crippen molar-refractivity contribution in [1.29, 1.82) is 0 Å². The summed E-state index contributed by atoms with van der Waals surface area (Å²) < 4.78 is 0.699. The highest BCUT2D eigenvalue weighted by atomic mass is 79.9. The van der Waals surface area contributed by atoms with Gasteiger partial charge in [0.15, 0.2) is 11.6 Å². The van der Waals surface area contributed by atoms with Crippen molar-refractivity contribution < 1.29 is 24.3 Å². The first-order chi connectivity index (χ1) is 26.3. The van der Waals surface area contributed by atoms with E-state index in [2.05, 4.69) is 21.2 Å². The fourth-order valence-corrected chi connectivity index (χ4v) is 9.99. The number of carbonyl (C=O) groups is 4. The number of rotatable bonds is 6. The third-order valence-corrected chi connectivity index (χ3v) is 12.4. The van der Waals surface area contributed by atoms with Crippen LogP contribution in [-0.4, -0.2) is 28.5 Å². The smallest absolute Gasteiger partial charge is 0.238 e. The van der Waals surface area contributed by atoms with Crippen LogP contribution in [0.2, 0.25) is 0 Å². The minimum atomic E-state index is -1.42. The third kappa shape index (κ3) is 5.22. The van der Waals surface area contributed by atoms with Crippen molar-refractivity contribution in [2.75, 3.05) is 10.2 Å². The first kappa shape index (κ1) is 33.9. The molecule has 6 unspecified atom stereocenters. The van der Waals surface area contributed by atoms with Gasteiger partial charge in [0.25, 0.3) is 0 Å². The summed E-state index contributed by atoms with van der Waals surface area (Å²) in [4.78, 5) is 60.6. The molecule has 1 saturated heterocycles. The van der Waals surface area contributed by atoms with Gasteiger partial charge in [-0.1, -0.05) is 106 Å². The summed E-state index contributed by atoms with van der Waals surface area (Å²) in [6.07, 6.45) is 3.97. The highest BCUT2D eigenvalue weighted by Crippen LogP contribution is 2.64. The summed E-state index contributed by atoms with van der Waals surface area (Å²) in [5.41, 5.74) is 3.72. The van der Waals surface area contributed by atoms with Crippen molar-refractivity contribution in [3.8, 4) is 5.75 Å². The van der Waals surface area contributed by atoms with Gasteiger partial charge in [0, 0.05) is 38.8 Å². The summed E-state index contributed by atoms with van der Waals surface area (Å²) >= 11 is 3.60. The van der Waals surface area contributed by atoms with Crippen LogP contribution in [0.15, 0.2) is 156 Å². The fourth-order valence-electron chi connectivity index (χ4n) is 9.61. The van der Waals surface area contributed by atoms with Gasteiger partial charge in [0.1, 0.15) is 5.75 Å². The van der Waals surface area contributed by atoms with Gasteiger partial charge < -0.3 is 10.4 Å². The Morgan fingerprint density at radius 3 is 2.07 bits per heavy atom. The number of amides is 2. The molecule has 1 saturated carbocycles. The molecule has 8 heteroatoms. The van der Waals surface area contributed by atoms with Gasteiger partial charge >= 0.3 is 0 Å². The molecule has 3 aliphatic carbocycles. The molecular weight excluding hydrogens is 740 g/mol. The Morgan fingerprint density at radius 2 is 1.37 bits per heavy atom. The molecule has 0 spiro atoms. The van der Waals surface area contributed by atoms with E-state index in [1.54, 1.807) is 24.3 Å². The monoisotopic (exact) mass is 774 g/mol. The molecule has 1 heterocycles. The van der Waals surface area contributed by atoms with Crippen molar-refractivity contribution in [3.63, 3.8) is 0 Å². The molecule has 2 N–H and O–H groups in total. The molecule has 7 nitrogen and oxygen atoms in total. The van der Waals surface area contributed by atoms with E-state index in [0.717, 1.165) is 16.9 Å². The van der Waals surface area contributed by atoms with Crippen LogP contribution in [0.3, 0.4) is 0 Å². The first-order valence-corrected chi connectivity index (χ1v) is 19.0. The van der Waals surface area contributed by atoms with Gasteiger partial charge in [-0.3, -0.25) is 24.1 Å². The SMILES string of the molecule is O=C1C(c2ccccc2)=CC(=O)C2(c3ccccc3)C1CC1C(=CCC3C(=O)N(c4ccc(Nc5ccccc5)cc4)C(=O)C31)C2c1cc(Br)ccc1O. The van der Waals surface area contributed by atoms with E-state index >= 15 is 9.59 Å². The number of hydrogen-bond donors (Lipinski definition) is 2. The maximum Gasteiger partial charge on any atom is 0.238 e. The van der Waals surface area contributed by atoms with Crippen molar-refractivity contribution in [3.05, 3.63) is 172 Å². The predicted molar refractivity (Wildman–Crippen MR) is 211 cm³/mol. The number of nitrogens with one attached hydrogen (secondary N) is 1. The average molecular weight is 776 g/mol. The standard InChI is InChI=1S/C46H35BrN2O5/c47-29-16-23-39(50)37(24-29)42-33-21-22-34-41(45(54)49(44(34)53)32-19-17-31(18-20-32)48-30-14-8-3-9-15-30)36(33)25-38-43(52)35(27-10-4-1-5-11-27)26-40(51)46(38,42)28-12-6-2-7-13-28/h1-21,23-24,26,34,36,38,41-42,48,50H,22,25H2. The van der Waals surface area contributed by atoms with Crippen LogP contribution in [0, 0.1) is 23.7 Å². The predicted octanol–water partition coefficient (Wildman–Crippen LogP) is 8.93. The normalized spacial score (nSPS) is 26.0. The molecule has 5 aromatic rings. The third-order valence-electron chi connectivity index (χ3n) is 11.9. The number of ketones is 2. The Balaban J connectivity index is 1.18. The van der Waals surface area contributed by atoms with E-state index in [1.165, 1.54) is 11.0 Å². The van der Waals surface area contributed by atoms with Crippen molar-refractivity contribution in [1.82, 2.24) is 0 Å². The second kappa shape index (κ2) is 13.2. The molecule has 6 atom stereocenters. The topological polar surface area (TPSA) is 104 Å². The number of imide groups is 1. The number of halogens is 1. The maximum atomic E-state index is 15.2. The minimum Gasteiger partial charge on any atom is -0.508 e. The van der Waals surface area contributed by atoms with Crippen LogP contribution in [-0.2, 0) is 24.6 Å². The molecule has 1 aliphatic heterocycles. The van der Waals surface area contributed by atoms with Crippen molar-refractivity contribution in [2.45, 2.75) is 24.2 Å². The van der Waals surface area contributed by atoms with E-state index in [-0.39, 0.29) is 35.6 Å². The Hall–Kier alpha value is -5.86. The van der Waals surface area contributed by atoms with E-state index < -0.39 is 35.0 Å². The van der Waals surface area contributed by atoms with Crippen LogP contribution in [0.25, 0.3) is 5.57 Å². The number of para-hydroxylation sites is 1. The van der Waals surface area contributed by atoms with Gasteiger partial charge in [-0.05, 0) is 90.6 Å². The second-order valence-electron chi connectivity index (χ2n) is 14.5. The number of allylic oxidation sites excluding steroid dienone is 4. The zero-order chi connectivity index (χ0) is 37.1. The number of Topliss-reactive ketones (excluding diaryl/α,β-unsaturated/α-hetero) is 1. The number of nitrogens with zero attached hydrogens (tertiary/aromatic N) is 1. The summed E-state index contributed by atoms with van der Waals surface area (Å²) in [5.74, 6) is -4.65. The number of phenols is 1. The van der Waals surface area contributed by atoms with Crippen molar-refractivity contribution >= 4 is 61.9 Å². The molecule has 4 aliphatic rings. The molecule has 5 aromatic carbocycles. The maximum absolute atomic E-state index is 15.2. The molecule has 266 valence electrons. The Kier molecular flexibility index (Phi) is 8.31. The van der Waals surface area contributed by atoms with E-state index in [1.807, 2.05) is 115 Å². The highest BCUT2D eigenvalue weighted by Gasteiger charge is 2.66. The molecule has 9 rings (SSSR count). The minimum absolute atomic E-state index is 0.0151. The number of hydrogen-bond acceptors (Lipinski definition) is 6. The molecule has 2 amide bonds. The van der Waals surface area contributed by atoms with Gasteiger partial charge in [0.05, 0.1) is 22.9 Å². The zero-order valence-electron chi connectivity index (χ0n) is 29.1. The number of aromatic hydroxyl groups is 1. The van der Waals surface area contributed by atoms with E-state index in [9.17, 15) is 14.7 Å². The highest BCUT2D eigenvalue weighted by molar-refractivity contribution is 9.10. The van der Waals surface area contributed by atoms with Crippen LogP contribution < -0.4 is 10.2 Å². The lowest BCUT2D eigenvalue weighted by Crippen LogP contribution is -2.58. The summed E-state index contributed by atoms with van der Waals surface area (Å²) in [7, 11) is 0. The molecule has 54 heavy (non-hydrogen) atoms. The summed E-state index contributed by atoms with van der Waals surface area (Å²) in [5, 5.41) is 14.9. The number of anilines is 3. The quantitative estimate of drug-likeness (QED) is 0.132. The lowest BCUT2D eigenvalue weighted by molar-refractivity contribution is -0.135. The first-order valence-electron chi connectivity index (χ1n) is 18.2. The largest absolute Gasteiger partial charge is 0.508 e. The molecule has 0 aromatic heterocycles. The number of carbonyl (C=O) groups excluding carboxylic acids is 4. The van der Waals surface area contributed by atoms with Crippen molar-refractivity contribution in [2.24, 2.45) is 23.7 Å². The fraction of sp³-hybridized carbons (Fsp3) is 0.174. The second-order valence-corrected chi connectivity index (χ2v) is 15.5. The van der Waals surface area contributed by atoms with Crippen LogP contribution in [0.1, 0.15) is 35.4 Å². The Morgan fingerprint density at radius 1 is 0.722 bits per heavy atom. The van der Waals surface area contributed by atoms with Gasteiger partial charge in [-0.2, -0.15) is 0 Å². The number of fused-ring (bicyclic) bond motifs is 4. The summed E-state index contributed by atoms with van der Waals surface area (Å²) in [6.45, 7) is 0. The molecule has 2 fully saturated rings. The van der Waals surface area contributed by atoms with Crippen LogP contribution >= 0.6 is 15.9 Å². The van der Waals surface area contributed by atoms with Gasteiger partial charge in [0.2, 0.25) is 11.8 Å². The number of phenolic OH excluding ortho intramolecular Hbond substituents is 1.